The molecule has 12 rings (SSSR count). The molecule has 0 aromatic rings. The Labute approximate surface area is 654 Å². The Hall–Kier alpha value is -3.23. The minimum absolute atomic E-state index is 0. The number of rotatable bonds is 1. The fourth-order valence-electron chi connectivity index (χ4n) is 7.98. The first-order valence-electron chi connectivity index (χ1n) is 32.7. The van der Waals surface area contributed by atoms with Crippen molar-refractivity contribution < 1.29 is 186 Å². The predicted octanol–water partition coefficient (Wildman–Crippen LogP) is 3.98. The molecule has 1 aliphatic carbocycles. The highest BCUT2D eigenvalue weighted by molar-refractivity contribution is 7.88. The van der Waals surface area contributed by atoms with Gasteiger partial charge in [0.25, 0.3) is 97.0 Å². The van der Waals surface area contributed by atoms with E-state index < -0.39 is 223 Å². The maximum absolute atomic E-state index is 12.9. The summed E-state index contributed by atoms with van der Waals surface area (Å²) in [5.74, 6) is -8.22. The average Bonchev–Trinajstić information content (AvgIpc) is 1.63. The van der Waals surface area contributed by atoms with Crippen molar-refractivity contribution in [3.63, 3.8) is 0 Å². The van der Waals surface area contributed by atoms with Gasteiger partial charge in [-0.05, 0) is 83.0 Å². The molecule has 7 atom stereocenters. The van der Waals surface area contributed by atoms with E-state index in [4.69, 9.17) is 21.3 Å². The van der Waals surface area contributed by atoms with E-state index >= 15 is 0 Å². The van der Waals surface area contributed by atoms with Crippen LogP contribution in [0.1, 0.15) is 113 Å². The highest BCUT2D eigenvalue weighted by Gasteiger charge is 2.48. The van der Waals surface area contributed by atoms with Crippen molar-refractivity contribution in [2.75, 3.05) is 144 Å². The van der Waals surface area contributed by atoms with Crippen LogP contribution in [0, 0.1) is 69.2 Å². The number of alkyl halides is 9. The third-order valence-electron chi connectivity index (χ3n) is 15.8. The van der Waals surface area contributed by atoms with Crippen molar-refractivity contribution in [1.29, 1.82) is 10.5 Å². The molecule has 1 spiro atoms. The molecule has 11 saturated heterocycles. The monoisotopic (exact) mass is 1880 g/mol. The van der Waals surface area contributed by atoms with Crippen molar-refractivity contribution in [3.8, 4) is 12.1 Å². The normalized spacial score (nSPS) is 32.1. The first-order valence-corrected chi connectivity index (χ1v) is 49.6. The Bertz CT molecular complexity index is 4090. The molecule has 0 bridgehead atoms. The topological polar surface area (TPSA) is 547 Å². The van der Waals surface area contributed by atoms with Gasteiger partial charge in [0.2, 0.25) is 0 Å². The van der Waals surface area contributed by atoms with Gasteiger partial charge in [0.1, 0.15) is 26.0 Å². The summed E-state index contributed by atoms with van der Waals surface area (Å²) in [6, 6.07) is 3.98. The van der Waals surface area contributed by atoms with Crippen molar-refractivity contribution in [3.05, 3.63) is 11.4 Å². The summed E-state index contributed by atoms with van der Waals surface area (Å²) in [7, 11) is -37.9. The molecule has 1 saturated carbocycles. The lowest BCUT2D eigenvalue weighted by atomic mass is 9.91. The van der Waals surface area contributed by atoms with E-state index in [1.54, 1.807) is 6.92 Å². The number of nitriles is 2. The highest BCUT2D eigenvalue weighted by Crippen LogP contribution is 2.51. The molecule has 11 aliphatic heterocycles. The zero-order chi connectivity index (χ0) is 86.2. The van der Waals surface area contributed by atoms with E-state index in [-0.39, 0.29) is 117 Å². The molecule has 0 radical (unpaired) electrons. The van der Waals surface area contributed by atoms with Crippen LogP contribution in [0.2, 0.25) is 0 Å². The van der Waals surface area contributed by atoms with Crippen LogP contribution < -0.4 is 0 Å². The van der Waals surface area contributed by atoms with Crippen LogP contribution in [0.15, 0.2) is 0 Å². The molecule has 7 unspecified atom stereocenters. The van der Waals surface area contributed by atoms with Crippen molar-refractivity contribution >= 4 is 112 Å². The third-order valence-corrected chi connectivity index (χ3v) is 28.3. The lowest BCUT2D eigenvalue weighted by Crippen LogP contribution is -2.39. The van der Waals surface area contributed by atoms with Crippen LogP contribution in [0.25, 0.3) is 4.85 Å². The summed E-state index contributed by atoms with van der Waals surface area (Å²) < 4.78 is 397. The van der Waals surface area contributed by atoms with Crippen LogP contribution in [0.4, 0.5) is 39.5 Å². The predicted molar refractivity (Wildman–Crippen MR) is 374 cm³/mol. The van der Waals surface area contributed by atoms with Crippen molar-refractivity contribution in [1.82, 2.24) is 0 Å². The summed E-state index contributed by atoms with van der Waals surface area (Å²) in [6.07, 6.45) is -1.68. The summed E-state index contributed by atoms with van der Waals surface area (Å²) in [5, 5.41) is 16.9. The second-order valence-corrected chi connectivity index (χ2v) is 46.0. The minimum atomic E-state index is -4.35. The zero-order valence-corrected chi connectivity index (χ0v) is 69.4. The van der Waals surface area contributed by atoms with E-state index in [1.165, 1.54) is 6.92 Å². The summed E-state index contributed by atoms with van der Waals surface area (Å²) in [6.45, 7) is 12.1. The first-order chi connectivity index (χ1) is 50.6. The van der Waals surface area contributed by atoms with Gasteiger partial charge in [0.15, 0.2) is 12.3 Å². The number of hydrogen-bond donors (Lipinski definition) is 0. The lowest BCUT2D eigenvalue weighted by Gasteiger charge is -2.27. The maximum atomic E-state index is 12.9. The Balaban J connectivity index is 0.000000621. The molecule has 38 nitrogen and oxygen atoms in total. The van der Waals surface area contributed by atoms with Gasteiger partial charge in [-0.3, -0.25) is 46.9 Å². The van der Waals surface area contributed by atoms with Gasteiger partial charge in [0, 0.05) is 17.8 Å². The van der Waals surface area contributed by atoms with E-state index in [2.05, 4.69) is 55.0 Å². The summed E-state index contributed by atoms with van der Waals surface area (Å²) >= 11 is 0. The Morgan fingerprint density at radius 3 is 1.09 bits per heavy atom. The van der Waals surface area contributed by atoms with Crippen LogP contribution >= 0.6 is 0 Å². The fraction of sp³-hybridized carbons (Fsp3) is 0.945. The smallest absolute Gasteiger partial charge is 0.273 e. The molecule has 666 valence electrons. The van der Waals surface area contributed by atoms with Gasteiger partial charge in [-0.2, -0.15) is 121 Å². The highest BCUT2D eigenvalue weighted by atomic mass is 32.3. The van der Waals surface area contributed by atoms with Gasteiger partial charge in [0.05, 0.1) is 154 Å². The van der Waals surface area contributed by atoms with E-state index in [0.29, 0.717) is 38.4 Å². The number of nitrogens with zero attached hydrogens (tertiary/aromatic N) is 3. The van der Waals surface area contributed by atoms with E-state index in [1.807, 2.05) is 32.9 Å². The van der Waals surface area contributed by atoms with Crippen LogP contribution in [0.5, 0.6) is 0 Å². The standard InChI is InChI=1S/C6H9NO3S.C6H10O3S.C5H7F3O3S.C5H6FNO3S.C5H9FO3S.C5H7NO3S.C5H10O4S.C5H10O3S.C4H6F2O3S.C4H7FO4S.C4H7FO3S.CH4/c1-6(4-7)2-3-11(8,9)10-5-6;7-10(8)4-3-6(1-2-6)5-9-10;6-5(7,8)4-1-2-12(9,10)11-3-4;1-7-5(6)2-3-11(8,9)10-4-5;2*6-3-5-1-2-10(7,8)9-4-5;1-5(2)3-8-10(6,7)9-4-5;1-5-2-3-9(6,7)8-4-5;5-4(6)1-2-10(7,8)9-3-4;1-4(5)2-8-10(6,7)9-3-4;5-4-1-2-9(6,7)8-3-4;/h2-3,5H2,1H3;1-5H2;4H,1-3H2;2-4H2;5H,1-4H2;5H,1-2,4H2;3-4H2,1-2H3;5H,2-4H2,1H3;1-3H2;2-3H2,1H3;4H,1-3H2;1H4. The number of halogens is 9. The van der Waals surface area contributed by atoms with Crippen molar-refractivity contribution in [2.45, 2.75) is 142 Å². The Kier molecular flexibility index (Phi) is 41.8. The van der Waals surface area contributed by atoms with Crippen LogP contribution in [-0.4, -0.2) is 267 Å². The van der Waals surface area contributed by atoms with E-state index in [9.17, 15) is 132 Å². The summed E-state index contributed by atoms with van der Waals surface area (Å²) in [5.41, 5.74) is -2.22. The average molecular weight is 1880 g/mol. The number of hydrogen-bond acceptors (Lipinski definition) is 37. The zero-order valence-electron chi connectivity index (χ0n) is 60.5. The Morgan fingerprint density at radius 1 is 0.425 bits per heavy atom. The van der Waals surface area contributed by atoms with E-state index in [0.717, 1.165) is 25.7 Å². The molecule has 0 aromatic carbocycles. The van der Waals surface area contributed by atoms with Crippen LogP contribution in [-0.2, 0) is 166 Å². The van der Waals surface area contributed by atoms with Gasteiger partial charge in [-0.15, -0.1) is 0 Å². The molecule has 12 aliphatic rings. The molecule has 0 amide bonds. The molecule has 12 fully saturated rings. The fourth-order valence-corrected chi connectivity index (χ4v) is 19.9. The van der Waals surface area contributed by atoms with Crippen LogP contribution in [0.3, 0.4) is 0 Å². The minimum Gasteiger partial charge on any atom is -0.273 e. The second kappa shape index (κ2) is 43.8. The van der Waals surface area contributed by atoms with Gasteiger partial charge in [-0.1, -0.05) is 28.2 Å². The van der Waals surface area contributed by atoms with Crippen molar-refractivity contribution in [2.24, 2.45) is 39.9 Å². The molecule has 0 N–H and O–H groups in total. The Morgan fingerprint density at radius 2 is 0.814 bits per heavy atom. The first kappa shape index (κ1) is 108. The summed E-state index contributed by atoms with van der Waals surface area (Å²) in [4.78, 5) is 2.64. The van der Waals surface area contributed by atoms with Gasteiger partial charge >= 0.3 is 32.8 Å². The molecular formula is C55H92F9N3O35S11. The quantitative estimate of drug-likeness (QED) is 0.155. The third kappa shape index (κ3) is 47.4. The SMILES string of the molecule is C.CC1(C#N)CCS(=O)(=O)OC1.CC1(C)COS(=O)(=O)OC1.CC1(F)COS(=O)(=O)OC1.CC1CCS(=O)(=O)OC1.N#CC1CCS(=O)(=O)OC1.O=S1(=O)CCC(C(F)(F)F)CO1.O=S1(=O)CCC(CF)CO1.O=S1(=O)CCC(F)(F)CO1.O=S1(=O)CCC(F)CO1.O=S1(=O)CCC2(CC2)CO1.[C-]#[N+]C1(F)CCS(=O)(=O)OC1. The molecule has 113 heavy (non-hydrogen) atoms. The largest absolute Gasteiger partial charge is 0.400 e. The molecular weight excluding hydrogens is 1790 g/mol. The second-order valence-electron chi connectivity index (χ2n) is 27.6. The van der Waals surface area contributed by atoms with Gasteiger partial charge < -0.3 is 0 Å². The molecule has 11 heterocycles. The molecule has 58 heteroatoms. The molecule has 0 aromatic heterocycles. The lowest BCUT2D eigenvalue weighted by molar-refractivity contribution is -0.183. The maximum Gasteiger partial charge on any atom is 0.400 e. The van der Waals surface area contributed by atoms with Gasteiger partial charge in [-0.25, -0.2) is 40.9 Å².